The summed E-state index contributed by atoms with van der Waals surface area (Å²) in [6, 6.07) is 0. The van der Waals surface area contributed by atoms with Crippen molar-refractivity contribution in [3.63, 3.8) is 0 Å². The largest absolute Gasteiger partial charge is 0.481 e. The normalized spacial score (nSPS) is 16.8. The van der Waals surface area contributed by atoms with E-state index >= 15 is 0 Å². The fraction of sp³-hybridized carbons (Fsp3) is 0.667. The molecule has 2 rings (SSSR count). The fourth-order valence-corrected chi connectivity index (χ4v) is 3.13. The number of nitrogens with zero attached hydrogens (tertiary/aromatic N) is 3. The summed E-state index contributed by atoms with van der Waals surface area (Å²) in [6.07, 6.45) is 0.0180. The van der Waals surface area contributed by atoms with Gasteiger partial charge in [0, 0.05) is 38.2 Å². The van der Waals surface area contributed by atoms with Gasteiger partial charge >= 0.3 is 5.97 Å². The molecule has 6 nitrogen and oxygen atoms in total. The van der Waals surface area contributed by atoms with E-state index in [0.29, 0.717) is 6.61 Å². The molecule has 1 aliphatic rings. The van der Waals surface area contributed by atoms with Gasteiger partial charge in [-0.05, 0) is 7.05 Å². The molecule has 106 valence electrons. The Morgan fingerprint density at radius 1 is 1.42 bits per heavy atom. The highest BCUT2D eigenvalue weighted by Crippen LogP contribution is 2.28. The van der Waals surface area contributed by atoms with Crippen molar-refractivity contribution in [1.82, 2.24) is 9.88 Å². The van der Waals surface area contributed by atoms with Crippen LogP contribution in [0.25, 0.3) is 0 Å². The molecule has 0 amide bonds. The van der Waals surface area contributed by atoms with E-state index in [-0.39, 0.29) is 6.42 Å². The van der Waals surface area contributed by atoms with Crippen molar-refractivity contribution in [2.24, 2.45) is 0 Å². The summed E-state index contributed by atoms with van der Waals surface area (Å²) in [6.45, 7) is 4.25. The molecule has 1 aromatic heterocycles. The monoisotopic (exact) mass is 285 g/mol. The molecule has 1 saturated heterocycles. The Balaban J connectivity index is 2.14. The molecule has 0 atom stereocenters. The number of anilines is 1. The lowest BCUT2D eigenvalue weighted by molar-refractivity contribution is -0.136. The van der Waals surface area contributed by atoms with Crippen molar-refractivity contribution >= 4 is 22.4 Å². The van der Waals surface area contributed by atoms with E-state index in [0.717, 1.165) is 41.9 Å². The zero-order chi connectivity index (χ0) is 13.8. The van der Waals surface area contributed by atoms with Crippen LogP contribution in [0.3, 0.4) is 0 Å². The summed E-state index contributed by atoms with van der Waals surface area (Å²) in [7, 11) is 3.70. The van der Waals surface area contributed by atoms with Crippen molar-refractivity contribution in [1.29, 1.82) is 0 Å². The second kappa shape index (κ2) is 6.31. The number of carboxylic acids is 1. The fourth-order valence-electron chi connectivity index (χ4n) is 2.03. The van der Waals surface area contributed by atoms with E-state index < -0.39 is 5.97 Å². The summed E-state index contributed by atoms with van der Waals surface area (Å²) in [5, 5.41) is 9.85. The zero-order valence-electron chi connectivity index (χ0n) is 11.3. The maximum Gasteiger partial charge on any atom is 0.308 e. The molecule has 0 saturated carbocycles. The number of methoxy groups -OCH3 is 1. The number of carboxylic acid groups (broad SMARTS) is 1. The standard InChI is InChI=1S/C12H19N3O3S/c1-14-3-5-15(6-4-14)12-13-9(8-18-2)10(19-12)7-11(16)17/h3-8H2,1-2H3,(H,16,17). The lowest BCUT2D eigenvalue weighted by atomic mass is 10.3. The van der Waals surface area contributed by atoms with Gasteiger partial charge in [0.15, 0.2) is 5.13 Å². The van der Waals surface area contributed by atoms with E-state index in [1.807, 2.05) is 0 Å². The summed E-state index contributed by atoms with van der Waals surface area (Å²) < 4.78 is 5.09. The van der Waals surface area contributed by atoms with Crippen molar-refractivity contribution in [2.45, 2.75) is 13.0 Å². The average molecular weight is 285 g/mol. The number of aliphatic carboxylic acids is 1. The Kier molecular flexibility index (Phi) is 4.73. The number of aromatic nitrogens is 1. The molecule has 1 fully saturated rings. The van der Waals surface area contributed by atoms with Crippen LogP contribution in [0, 0.1) is 0 Å². The molecule has 7 heteroatoms. The number of hydrogen-bond acceptors (Lipinski definition) is 6. The van der Waals surface area contributed by atoms with Crippen LogP contribution in [0.5, 0.6) is 0 Å². The highest BCUT2D eigenvalue weighted by Gasteiger charge is 2.20. The Labute approximate surface area is 116 Å². The highest BCUT2D eigenvalue weighted by molar-refractivity contribution is 7.15. The predicted molar refractivity (Wildman–Crippen MR) is 73.9 cm³/mol. The summed E-state index contributed by atoms with van der Waals surface area (Å²) in [4.78, 5) is 20.7. The maximum absolute atomic E-state index is 10.9. The van der Waals surface area contributed by atoms with E-state index in [2.05, 4.69) is 21.8 Å². The van der Waals surface area contributed by atoms with Crippen LogP contribution in [0.15, 0.2) is 0 Å². The van der Waals surface area contributed by atoms with Crippen LogP contribution < -0.4 is 4.90 Å². The first-order valence-electron chi connectivity index (χ1n) is 6.23. The number of thiazole rings is 1. The third-order valence-corrected chi connectivity index (χ3v) is 4.29. The first-order chi connectivity index (χ1) is 9.10. The third-order valence-electron chi connectivity index (χ3n) is 3.13. The molecular formula is C12H19N3O3S. The van der Waals surface area contributed by atoms with Gasteiger partial charge in [-0.3, -0.25) is 4.79 Å². The van der Waals surface area contributed by atoms with Gasteiger partial charge in [-0.2, -0.15) is 0 Å². The van der Waals surface area contributed by atoms with Crippen molar-refractivity contribution in [3.05, 3.63) is 10.6 Å². The Morgan fingerprint density at radius 3 is 2.68 bits per heavy atom. The first-order valence-corrected chi connectivity index (χ1v) is 7.04. The first kappa shape index (κ1) is 14.2. The Morgan fingerprint density at radius 2 is 2.11 bits per heavy atom. The van der Waals surface area contributed by atoms with Gasteiger partial charge in [0.25, 0.3) is 0 Å². The van der Waals surface area contributed by atoms with Gasteiger partial charge in [0.1, 0.15) is 0 Å². The van der Waals surface area contributed by atoms with E-state index in [1.54, 1.807) is 7.11 Å². The van der Waals surface area contributed by atoms with Gasteiger partial charge in [-0.1, -0.05) is 0 Å². The summed E-state index contributed by atoms with van der Waals surface area (Å²) in [5.41, 5.74) is 0.754. The number of ether oxygens (including phenoxy) is 1. The van der Waals surface area contributed by atoms with Gasteiger partial charge in [0.2, 0.25) is 0 Å². The Hall–Kier alpha value is -1.18. The number of likely N-dealkylation sites (N-methyl/N-ethyl adjacent to an activating group) is 1. The van der Waals surface area contributed by atoms with Gasteiger partial charge in [-0.15, -0.1) is 11.3 Å². The molecule has 0 aliphatic carbocycles. The van der Waals surface area contributed by atoms with Crippen LogP contribution >= 0.6 is 11.3 Å². The number of rotatable bonds is 5. The molecule has 0 unspecified atom stereocenters. The smallest absolute Gasteiger partial charge is 0.308 e. The van der Waals surface area contributed by atoms with Crippen LogP contribution in [0.1, 0.15) is 10.6 Å². The molecule has 2 heterocycles. The molecule has 1 aromatic rings. The molecule has 0 spiro atoms. The van der Waals surface area contributed by atoms with Crippen molar-refractivity contribution in [3.8, 4) is 0 Å². The van der Waals surface area contributed by atoms with Gasteiger partial charge in [-0.25, -0.2) is 4.98 Å². The minimum absolute atomic E-state index is 0.0180. The highest BCUT2D eigenvalue weighted by atomic mass is 32.1. The van der Waals surface area contributed by atoms with E-state index in [4.69, 9.17) is 9.84 Å². The zero-order valence-corrected chi connectivity index (χ0v) is 12.1. The second-order valence-electron chi connectivity index (χ2n) is 4.66. The van der Waals surface area contributed by atoms with Crippen LogP contribution in [-0.2, 0) is 22.6 Å². The second-order valence-corrected chi connectivity index (χ2v) is 5.72. The quantitative estimate of drug-likeness (QED) is 0.858. The average Bonchev–Trinajstić information content (AvgIpc) is 2.73. The van der Waals surface area contributed by atoms with E-state index in [1.165, 1.54) is 11.3 Å². The SMILES string of the molecule is COCc1nc(N2CCN(C)CC2)sc1CC(=O)O. The minimum atomic E-state index is -0.828. The number of piperazine rings is 1. The summed E-state index contributed by atoms with van der Waals surface area (Å²) >= 11 is 1.47. The van der Waals surface area contributed by atoms with Crippen molar-refractivity contribution in [2.75, 3.05) is 45.2 Å². The van der Waals surface area contributed by atoms with Gasteiger partial charge in [0.05, 0.1) is 18.7 Å². The lowest BCUT2D eigenvalue weighted by Crippen LogP contribution is -2.44. The molecule has 1 N–H and O–H groups in total. The predicted octanol–water partition coefficient (Wildman–Crippen LogP) is 0.668. The lowest BCUT2D eigenvalue weighted by Gasteiger charge is -2.32. The molecule has 0 radical (unpaired) electrons. The van der Waals surface area contributed by atoms with Crippen LogP contribution in [0.4, 0.5) is 5.13 Å². The molecule has 0 bridgehead atoms. The van der Waals surface area contributed by atoms with E-state index in [9.17, 15) is 4.79 Å². The van der Waals surface area contributed by atoms with Gasteiger partial charge < -0.3 is 19.6 Å². The van der Waals surface area contributed by atoms with Crippen LogP contribution in [-0.4, -0.2) is 61.3 Å². The third kappa shape index (κ3) is 3.65. The Bertz CT molecular complexity index is 441. The molecular weight excluding hydrogens is 266 g/mol. The number of carbonyl (C=O) groups is 1. The molecule has 1 aliphatic heterocycles. The number of hydrogen-bond donors (Lipinski definition) is 1. The summed E-state index contributed by atoms with van der Waals surface area (Å²) in [5.74, 6) is -0.828. The van der Waals surface area contributed by atoms with Crippen LogP contribution in [0.2, 0.25) is 0 Å². The topological polar surface area (TPSA) is 65.9 Å². The van der Waals surface area contributed by atoms with Crippen molar-refractivity contribution < 1.29 is 14.6 Å². The molecule has 19 heavy (non-hydrogen) atoms. The maximum atomic E-state index is 10.9. The minimum Gasteiger partial charge on any atom is -0.481 e. The molecule has 0 aromatic carbocycles.